The number of carbonyl (C=O) groups is 1. The van der Waals surface area contributed by atoms with Crippen LogP contribution in [-0.2, 0) is 4.79 Å². The summed E-state index contributed by atoms with van der Waals surface area (Å²) in [5, 5.41) is 3.33. The molecule has 1 aliphatic rings. The molecule has 1 heterocycles. The quantitative estimate of drug-likeness (QED) is 0.770. The molecule has 3 heteroatoms. The lowest BCUT2D eigenvalue weighted by Gasteiger charge is -2.34. The van der Waals surface area contributed by atoms with Crippen molar-refractivity contribution in [1.82, 2.24) is 10.2 Å². The van der Waals surface area contributed by atoms with Gasteiger partial charge in [0.2, 0.25) is 5.91 Å². The third-order valence-electron chi connectivity index (χ3n) is 3.65. The highest BCUT2D eigenvalue weighted by molar-refractivity contribution is 5.86. The van der Waals surface area contributed by atoms with Gasteiger partial charge in [-0.2, -0.15) is 0 Å². The lowest BCUT2D eigenvalue weighted by atomic mass is 9.97. The van der Waals surface area contributed by atoms with Crippen LogP contribution in [0.2, 0.25) is 0 Å². The number of carbonyl (C=O) groups excluding carboxylic acids is 1. The lowest BCUT2D eigenvalue weighted by Crippen LogP contribution is -2.54. The van der Waals surface area contributed by atoms with E-state index in [4.69, 9.17) is 0 Å². The minimum Gasteiger partial charge on any atom is -0.341 e. The molecular formula is C12H24N2O. The molecule has 0 bridgehead atoms. The molecule has 1 amide bonds. The number of nitrogens with one attached hydrogen (secondary N) is 1. The molecule has 0 spiro atoms. The van der Waals surface area contributed by atoms with Crippen molar-refractivity contribution < 1.29 is 4.79 Å². The van der Waals surface area contributed by atoms with Crippen LogP contribution >= 0.6 is 0 Å². The fourth-order valence-electron chi connectivity index (χ4n) is 2.47. The minimum atomic E-state index is -0.308. The summed E-state index contributed by atoms with van der Waals surface area (Å²) in [6.07, 6.45) is 4.15. The summed E-state index contributed by atoms with van der Waals surface area (Å²) in [6, 6.07) is 0.386. The number of nitrogens with zero attached hydrogens (tertiary/aromatic N) is 1. The van der Waals surface area contributed by atoms with E-state index >= 15 is 0 Å². The van der Waals surface area contributed by atoms with Gasteiger partial charge in [-0.1, -0.05) is 13.8 Å². The Morgan fingerprint density at radius 3 is 2.47 bits per heavy atom. The van der Waals surface area contributed by atoms with Gasteiger partial charge in [-0.05, 0) is 39.2 Å². The number of rotatable bonds is 4. The Morgan fingerprint density at radius 1 is 1.47 bits per heavy atom. The molecule has 3 nitrogen and oxygen atoms in total. The number of likely N-dealkylation sites (N-methyl/N-ethyl adjacent to an activating group) is 1. The van der Waals surface area contributed by atoms with E-state index in [1.165, 1.54) is 0 Å². The van der Waals surface area contributed by atoms with E-state index in [-0.39, 0.29) is 11.4 Å². The summed E-state index contributed by atoms with van der Waals surface area (Å²) < 4.78 is 0. The summed E-state index contributed by atoms with van der Waals surface area (Å²) in [5.41, 5.74) is -0.308. The van der Waals surface area contributed by atoms with Crippen LogP contribution in [0.5, 0.6) is 0 Å². The minimum absolute atomic E-state index is 0.258. The molecular weight excluding hydrogens is 188 g/mol. The molecule has 1 unspecified atom stereocenters. The van der Waals surface area contributed by atoms with Crippen LogP contribution in [0.3, 0.4) is 0 Å². The van der Waals surface area contributed by atoms with E-state index in [1.807, 2.05) is 18.9 Å². The molecule has 0 aliphatic carbocycles. The predicted octanol–water partition coefficient (Wildman–Crippen LogP) is 1.78. The Balaban J connectivity index is 2.66. The van der Waals surface area contributed by atoms with Crippen molar-refractivity contribution in [2.75, 3.05) is 13.6 Å². The second-order valence-corrected chi connectivity index (χ2v) is 4.75. The SMILES string of the molecule is CCC(CC)N(C)C(=O)C1(C)CCCN1. The number of hydrogen-bond acceptors (Lipinski definition) is 2. The zero-order chi connectivity index (χ0) is 11.5. The van der Waals surface area contributed by atoms with Gasteiger partial charge in [0, 0.05) is 13.1 Å². The normalized spacial score (nSPS) is 25.9. The Morgan fingerprint density at radius 2 is 2.07 bits per heavy atom. The predicted molar refractivity (Wildman–Crippen MR) is 62.8 cm³/mol. The molecule has 0 aromatic heterocycles. The molecule has 0 aromatic rings. The molecule has 88 valence electrons. The molecule has 1 fully saturated rings. The fraction of sp³-hybridized carbons (Fsp3) is 0.917. The van der Waals surface area contributed by atoms with E-state index < -0.39 is 0 Å². The average Bonchev–Trinajstić information content (AvgIpc) is 2.67. The average molecular weight is 212 g/mol. The van der Waals surface area contributed by atoms with E-state index in [0.717, 1.165) is 32.2 Å². The molecule has 0 saturated carbocycles. The van der Waals surface area contributed by atoms with Gasteiger partial charge in [-0.15, -0.1) is 0 Å². The topological polar surface area (TPSA) is 32.3 Å². The van der Waals surface area contributed by atoms with Crippen LogP contribution in [0.25, 0.3) is 0 Å². The van der Waals surface area contributed by atoms with Gasteiger partial charge in [0.15, 0.2) is 0 Å². The van der Waals surface area contributed by atoms with Gasteiger partial charge in [0.1, 0.15) is 0 Å². The van der Waals surface area contributed by atoms with E-state index in [9.17, 15) is 4.79 Å². The Bertz CT molecular complexity index is 218. The lowest BCUT2D eigenvalue weighted by molar-refractivity contribution is -0.138. The second-order valence-electron chi connectivity index (χ2n) is 4.75. The molecule has 1 atom stereocenters. The molecule has 15 heavy (non-hydrogen) atoms. The monoisotopic (exact) mass is 212 g/mol. The van der Waals surface area contributed by atoms with Gasteiger partial charge >= 0.3 is 0 Å². The maximum absolute atomic E-state index is 12.3. The van der Waals surface area contributed by atoms with Gasteiger partial charge in [0.05, 0.1) is 5.54 Å². The summed E-state index contributed by atoms with van der Waals surface area (Å²) in [4.78, 5) is 14.2. The summed E-state index contributed by atoms with van der Waals surface area (Å²) >= 11 is 0. The van der Waals surface area contributed by atoms with Crippen LogP contribution in [0.4, 0.5) is 0 Å². The first-order valence-corrected chi connectivity index (χ1v) is 6.07. The third-order valence-corrected chi connectivity index (χ3v) is 3.65. The summed E-state index contributed by atoms with van der Waals surface area (Å²) in [5.74, 6) is 0.258. The molecule has 1 rings (SSSR count). The van der Waals surface area contributed by atoms with Crippen LogP contribution < -0.4 is 5.32 Å². The molecule has 0 radical (unpaired) electrons. The number of amides is 1. The zero-order valence-corrected chi connectivity index (χ0v) is 10.5. The first kappa shape index (κ1) is 12.5. The smallest absolute Gasteiger partial charge is 0.242 e. The van der Waals surface area contributed by atoms with Crippen LogP contribution in [0.15, 0.2) is 0 Å². The first-order chi connectivity index (χ1) is 7.05. The van der Waals surface area contributed by atoms with Crippen molar-refractivity contribution in [2.45, 2.75) is 58.0 Å². The Labute approximate surface area is 93.2 Å². The van der Waals surface area contributed by atoms with Crippen LogP contribution in [0, 0.1) is 0 Å². The van der Waals surface area contributed by atoms with Crippen molar-refractivity contribution in [3.63, 3.8) is 0 Å². The fourth-order valence-corrected chi connectivity index (χ4v) is 2.47. The van der Waals surface area contributed by atoms with Crippen LogP contribution in [0.1, 0.15) is 46.5 Å². The second kappa shape index (κ2) is 4.97. The third kappa shape index (κ3) is 2.51. The van der Waals surface area contributed by atoms with Gasteiger partial charge in [0.25, 0.3) is 0 Å². The van der Waals surface area contributed by atoms with E-state index in [2.05, 4.69) is 19.2 Å². The maximum Gasteiger partial charge on any atom is 0.242 e. The van der Waals surface area contributed by atoms with Gasteiger partial charge in [-0.25, -0.2) is 0 Å². The highest BCUT2D eigenvalue weighted by atomic mass is 16.2. The largest absolute Gasteiger partial charge is 0.341 e. The Kier molecular flexibility index (Phi) is 4.14. The van der Waals surface area contributed by atoms with Crippen LogP contribution in [-0.4, -0.2) is 36.0 Å². The van der Waals surface area contributed by atoms with Gasteiger partial charge < -0.3 is 10.2 Å². The van der Waals surface area contributed by atoms with Crippen molar-refractivity contribution >= 4 is 5.91 Å². The van der Waals surface area contributed by atoms with E-state index in [1.54, 1.807) is 0 Å². The Hall–Kier alpha value is -0.570. The first-order valence-electron chi connectivity index (χ1n) is 6.07. The summed E-state index contributed by atoms with van der Waals surface area (Å²) in [6.45, 7) is 7.28. The molecule has 0 aromatic carbocycles. The highest BCUT2D eigenvalue weighted by Gasteiger charge is 2.38. The van der Waals surface area contributed by atoms with Crippen molar-refractivity contribution in [2.24, 2.45) is 0 Å². The number of hydrogen-bond donors (Lipinski definition) is 1. The van der Waals surface area contributed by atoms with E-state index in [0.29, 0.717) is 6.04 Å². The summed E-state index contributed by atoms with van der Waals surface area (Å²) in [7, 11) is 1.94. The maximum atomic E-state index is 12.3. The highest BCUT2D eigenvalue weighted by Crippen LogP contribution is 2.22. The standard InChI is InChI=1S/C12H24N2O/c1-5-10(6-2)14(4)11(15)12(3)8-7-9-13-12/h10,13H,5-9H2,1-4H3. The molecule has 1 saturated heterocycles. The van der Waals surface area contributed by atoms with Crippen molar-refractivity contribution in [1.29, 1.82) is 0 Å². The zero-order valence-electron chi connectivity index (χ0n) is 10.5. The van der Waals surface area contributed by atoms with Crippen molar-refractivity contribution in [3.05, 3.63) is 0 Å². The van der Waals surface area contributed by atoms with Gasteiger partial charge in [-0.3, -0.25) is 4.79 Å². The van der Waals surface area contributed by atoms with Crippen molar-refractivity contribution in [3.8, 4) is 0 Å². The molecule has 1 aliphatic heterocycles. The molecule has 1 N–H and O–H groups in total.